The Morgan fingerprint density at radius 1 is 1.31 bits per heavy atom. The van der Waals surface area contributed by atoms with Crippen molar-refractivity contribution >= 4 is 38.9 Å². The SMILES string of the molecule is O=S(=O)(CC1CC1(Cl)Cl)Nc1ccccc1. The summed E-state index contributed by atoms with van der Waals surface area (Å²) in [6.07, 6.45) is 0.534. The predicted molar refractivity (Wildman–Crippen MR) is 66.4 cm³/mol. The van der Waals surface area contributed by atoms with E-state index in [4.69, 9.17) is 23.2 Å². The molecule has 6 heteroatoms. The fraction of sp³-hybridized carbons (Fsp3) is 0.400. The predicted octanol–water partition coefficient (Wildman–Crippen LogP) is 2.62. The molecule has 0 saturated heterocycles. The van der Waals surface area contributed by atoms with Gasteiger partial charge in [-0.1, -0.05) is 18.2 Å². The highest BCUT2D eigenvalue weighted by Gasteiger charge is 2.53. The Hall–Kier alpha value is -0.450. The second-order valence-electron chi connectivity index (χ2n) is 3.91. The first kappa shape index (κ1) is 12.0. The Morgan fingerprint density at radius 3 is 2.38 bits per heavy atom. The van der Waals surface area contributed by atoms with E-state index in [9.17, 15) is 8.42 Å². The number of para-hydroxylation sites is 1. The lowest BCUT2D eigenvalue weighted by Gasteiger charge is -2.07. The van der Waals surface area contributed by atoms with Crippen molar-refractivity contribution in [2.75, 3.05) is 10.5 Å². The molecule has 1 fully saturated rings. The Morgan fingerprint density at radius 2 is 1.88 bits per heavy atom. The van der Waals surface area contributed by atoms with Crippen LogP contribution in [0.3, 0.4) is 0 Å². The first-order chi connectivity index (χ1) is 7.39. The van der Waals surface area contributed by atoms with Gasteiger partial charge in [-0.25, -0.2) is 8.42 Å². The van der Waals surface area contributed by atoms with Crippen LogP contribution in [0.2, 0.25) is 0 Å². The Kier molecular flexibility index (Phi) is 3.07. The van der Waals surface area contributed by atoms with Crippen LogP contribution in [0.25, 0.3) is 0 Å². The molecule has 0 amide bonds. The van der Waals surface area contributed by atoms with Crippen molar-refractivity contribution in [3.63, 3.8) is 0 Å². The van der Waals surface area contributed by atoms with E-state index < -0.39 is 14.4 Å². The van der Waals surface area contributed by atoms with Gasteiger partial charge in [-0.3, -0.25) is 4.72 Å². The molecule has 1 unspecified atom stereocenters. The fourth-order valence-electron chi connectivity index (χ4n) is 1.44. The number of sulfonamides is 1. The summed E-state index contributed by atoms with van der Waals surface area (Å²) in [5, 5.41) is 0. The molecule has 3 nitrogen and oxygen atoms in total. The number of nitrogens with one attached hydrogen (secondary N) is 1. The highest BCUT2D eigenvalue weighted by molar-refractivity contribution is 7.92. The third kappa shape index (κ3) is 3.03. The molecule has 1 N–H and O–H groups in total. The molecule has 0 heterocycles. The summed E-state index contributed by atoms with van der Waals surface area (Å²) in [7, 11) is -3.36. The van der Waals surface area contributed by atoms with Crippen molar-refractivity contribution < 1.29 is 8.42 Å². The highest BCUT2D eigenvalue weighted by Crippen LogP contribution is 2.53. The summed E-state index contributed by atoms with van der Waals surface area (Å²) < 4.78 is 25.0. The summed E-state index contributed by atoms with van der Waals surface area (Å²) in [5.74, 6) is -0.202. The third-order valence-corrected chi connectivity index (χ3v) is 4.74. The topological polar surface area (TPSA) is 46.2 Å². The van der Waals surface area contributed by atoms with Crippen LogP contribution >= 0.6 is 23.2 Å². The van der Waals surface area contributed by atoms with E-state index in [1.54, 1.807) is 24.3 Å². The van der Waals surface area contributed by atoms with Gasteiger partial charge in [0.15, 0.2) is 0 Å². The van der Waals surface area contributed by atoms with Gasteiger partial charge in [0, 0.05) is 11.6 Å². The summed E-state index contributed by atoms with van der Waals surface area (Å²) in [6, 6.07) is 8.74. The molecule has 1 aliphatic rings. The Balaban J connectivity index is 1.99. The Labute approximate surface area is 105 Å². The third-order valence-electron chi connectivity index (χ3n) is 2.42. The van der Waals surface area contributed by atoms with Crippen LogP contribution in [0.15, 0.2) is 30.3 Å². The van der Waals surface area contributed by atoms with E-state index >= 15 is 0 Å². The number of alkyl halides is 2. The van der Waals surface area contributed by atoms with Gasteiger partial charge in [0.1, 0.15) is 4.33 Å². The summed E-state index contributed by atoms with van der Waals surface area (Å²) >= 11 is 11.6. The van der Waals surface area contributed by atoms with Crippen molar-refractivity contribution in [2.45, 2.75) is 10.8 Å². The average molecular weight is 280 g/mol. The van der Waals surface area contributed by atoms with Crippen LogP contribution in [0.4, 0.5) is 5.69 Å². The molecule has 1 aliphatic carbocycles. The minimum atomic E-state index is -3.36. The Bertz CT molecular complexity index is 473. The van der Waals surface area contributed by atoms with Crippen LogP contribution in [0.5, 0.6) is 0 Å². The van der Waals surface area contributed by atoms with Gasteiger partial charge in [0.05, 0.1) is 5.75 Å². The van der Waals surface area contributed by atoms with Crippen LogP contribution < -0.4 is 4.72 Å². The summed E-state index contributed by atoms with van der Waals surface area (Å²) in [6.45, 7) is 0. The number of halogens is 2. The van der Waals surface area contributed by atoms with Gasteiger partial charge < -0.3 is 0 Å². The first-order valence-corrected chi connectivity index (χ1v) is 7.23. The first-order valence-electron chi connectivity index (χ1n) is 4.82. The van der Waals surface area contributed by atoms with Crippen molar-refractivity contribution in [3.05, 3.63) is 30.3 Å². The molecule has 88 valence electrons. The zero-order valence-corrected chi connectivity index (χ0v) is 10.7. The normalized spacial score (nSPS) is 22.8. The maximum atomic E-state index is 11.7. The van der Waals surface area contributed by atoms with E-state index in [2.05, 4.69) is 4.72 Å². The van der Waals surface area contributed by atoms with Crippen molar-refractivity contribution in [1.82, 2.24) is 0 Å². The maximum absolute atomic E-state index is 11.7. The molecule has 0 aliphatic heterocycles. The van der Waals surface area contributed by atoms with Gasteiger partial charge in [0.2, 0.25) is 10.0 Å². The molecule has 16 heavy (non-hydrogen) atoms. The molecular formula is C10H11Cl2NO2S. The molecule has 1 saturated carbocycles. The van der Waals surface area contributed by atoms with Gasteiger partial charge in [-0.2, -0.15) is 0 Å². The minimum absolute atomic E-state index is 0.0328. The second kappa shape index (κ2) is 4.09. The zero-order valence-electron chi connectivity index (χ0n) is 8.36. The van der Waals surface area contributed by atoms with E-state index in [0.717, 1.165) is 0 Å². The van der Waals surface area contributed by atoms with E-state index in [-0.39, 0.29) is 11.7 Å². The summed E-state index contributed by atoms with van der Waals surface area (Å²) in [4.78, 5) is 0. The maximum Gasteiger partial charge on any atom is 0.233 e. The smallest absolute Gasteiger partial charge is 0.233 e. The lowest BCUT2D eigenvalue weighted by Crippen LogP contribution is -2.19. The molecule has 0 radical (unpaired) electrons. The largest absolute Gasteiger partial charge is 0.284 e. The van der Waals surface area contributed by atoms with E-state index in [1.807, 2.05) is 6.07 Å². The lowest BCUT2D eigenvalue weighted by molar-refractivity contribution is 0.597. The van der Waals surface area contributed by atoms with Crippen molar-refractivity contribution in [1.29, 1.82) is 0 Å². The van der Waals surface area contributed by atoms with Crippen LogP contribution in [0.1, 0.15) is 6.42 Å². The minimum Gasteiger partial charge on any atom is -0.284 e. The van der Waals surface area contributed by atoms with Crippen molar-refractivity contribution in [2.24, 2.45) is 5.92 Å². The molecule has 1 aromatic carbocycles. The van der Waals surface area contributed by atoms with Gasteiger partial charge in [-0.05, 0) is 18.6 Å². The second-order valence-corrected chi connectivity index (χ2v) is 7.22. The van der Waals surface area contributed by atoms with E-state index in [0.29, 0.717) is 12.1 Å². The monoisotopic (exact) mass is 279 g/mol. The molecule has 1 atom stereocenters. The lowest BCUT2D eigenvalue weighted by atomic mass is 10.3. The van der Waals surface area contributed by atoms with E-state index in [1.165, 1.54) is 0 Å². The molecule has 1 aromatic rings. The quantitative estimate of drug-likeness (QED) is 0.862. The number of hydrogen-bond acceptors (Lipinski definition) is 2. The van der Waals surface area contributed by atoms with Crippen LogP contribution in [0, 0.1) is 5.92 Å². The fourth-order valence-corrected chi connectivity index (χ4v) is 3.66. The van der Waals surface area contributed by atoms with Crippen LogP contribution in [-0.2, 0) is 10.0 Å². The molecular weight excluding hydrogens is 269 g/mol. The van der Waals surface area contributed by atoms with Crippen LogP contribution in [-0.4, -0.2) is 18.5 Å². The molecule has 0 aromatic heterocycles. The zero-order chi connectivity index (χ0) is 11.8. The van der Waals surface area contributed by atoms with Gasteiger partial charge >= 0.3 is 0 Å². The molecule has 0 bridgehead atoms. The number of benzene rings is 1. The standard InChI is InChI=1S/C10H11Cl2NO2S/c11-10(12)6-8(10)7-16(14,15)13-9-4-2-1-3-5-9/h1-5,8,13H,6-7H2. The summed E-state index contributed by atoms with van der Waals surface area (Å²) in [5.41, 5.74) is 0.554. The van der Waals surface area contributed by atoms with Crippen molar-refractivity contribution in [3.8, 4) is 0 Å². The molecule has 2 rings (SSSR count). The highest BCUT2D eigenvalue weighted by atomic mass is 35.5. The van der Waals surface area contributed by atoms with Gasteiger partial charge in [-0.15, -0.1) is 23.2 Å². The number of hydrogen-bond donors (Lipinski definition) is 1. The average Bonchev–Trinajstić information content (AvgIpc) is 2.72. The molecule has 0 spiro atoms. The number of rotatable bonds is 4. The number of anilines is 1. The van der Waals surface area contributed by atoms with Gasteiger partial charge in [0.25, 0.3) is 0 Å².